The molecule has 5 nitrogen and oxygen atoms in total. The number of aromatic nitrogens is 1. The second-order valence-corrected chi connectivity index (χ2v) is 11.5. The Labute approximate surface area is 265 Å². The third-order valence-corrected chi connectivity index (χ3v) is 8.69. The number of nitrogens with one attached hydrogen (secondary N) is 1. The van der Waals surface area contributed by atoms with Gasteiger partial charge < -0.3 is 9.73 Å². The highest BCUT2D eigenvalue weighted by Crippen LogP contribution is 2.39. The van der Waals surface area contributed by atoms with Gasteiger partial charge in [0.05, 0.1) is 16.6 Å². The molecule has 0 bridgehead atoms. The maximum absolute atomic E-state index is 6.44. The van der Waals surface area contributed by atoms with Crippen molar-refractivity contribution >= 4 is 39.4 Å². The van der Waals surface area contributed by atoms with Crippen LogP contribution >= 0.6 is 0 Å². The molecule has 6 aromatic carbocycles. The number of rotatable bonds is 5. The van der Waals surface area contributed by atoms with Crippen molar-refractivity contribution in [2.75, 3.05) is 0 Å². The molecule has 0 radical (unpaired) electrons. The summed E-state index contributed by atoms with van der Waals surface area (Å²) in [5.41, 5.74) is 11.5. The van der Waals surface area contributed by atoms with E-state index in [1.807, 2.05) is 36.4 Å². The fourth-order valence-corrected chi connectivity index (χ4v) is 6.43. The number of amidine groups is 2. The van der Waals surface area contributed by atoms with Crippen LogP contribution in [-0.2, 0) is 0 Å². The van der Waals surface area contributed by atoms with E-state index in [-0.39, 0.29) is 0 Å². The molecule has 3 heterocycles. The summed E-state index contributed by atoms with van der Waals surface area (Å²) >= 11 is 0. The van der Waals surface area contributed by atoms with Crippen LogP contribution in [-0.4, -0.2) is 16.1 Å². The van der Waals surface area contributed by atoms with Gasteiger partial charge in [-0.3, -0.25) is 4.40 Å². The summed E-state index contributed by atoms with van der Waals surface area (Å²) in [6, 6.07) is 54.5. The standard InChI is InChI=1S/C41H28N4O/c1-3-11-27(12-4-1)28-19-23-31(24-20-28)39-42-38(30-13-5-2-6-14-30)43-40(44-39)32-25-21-29(22-26-32)37-33-15-7-8-16-34(33)45-35-17-9-10-18-36(35)46-41(37)45/h1-26,40H,(H,42,43,44). The van der Waals surface area contributed by atoms with Gasteiger partial charge in [0, 0.05) is 16.5 Å². The third kappa shape index (κ3) is 4.41. The van der Waals surface area contributed by atoms with E-state index in [0.29, 0.717) is 0 Å². The molecule has 1 aliphatic heterocycles. The smallest absolute Gasteiger partial charge is 0.213 e. The van der Waals surface area contributed by atoms with Crippen LogP contribution in [0.15, 0.2) is 172 Å². The van der Waals surface area contributed by atoms with E-state index in [1.165, 1.54) is 11.1 Å². The number of nitrogens with zero attached hydrogens (tertiary/aromatic N) is 3. The Morgan fingerprint density at radius 2 is 1.00 bits per heavy atom. The number of fused-ring (bicyclic) bond motifs is 5. The van der Waals surface area contributed by atoms with Crippen LogP contribution in [0.1, 0.15) is 22.9 Å². The minimum atomic E-state index is -0.397. The highest BCUT2D eigenvalue weighted by atomic mass is 16.3. The first-order valence-electron chi connectivity index (χ1n) is 15.5. The molecule has 9 rings (SSSR count). The number of para-hydroxylation sites is 3. The molecule has 1 aliphatic rings. The van der Waals surface area contributed by atoms with E-state index >= 15 is 0 Å². The topological polar surface area (TPSA) is 54.3 Å². The number of benzene rings is 6. The SMILES string of the molecule is c1ccc(C2=NC(c3ccc(-c4c5ccccc5n5c4oc4ccccc45)cc3)N=C(c3ccc(-c4ccccc4)cc3)N2)cc1. The first kappa shape index (κ1) is 26.2. The van der Waals surface area contributed by atoms with Gasteiger partial charge in [-0.15, -0.1) is 0 Å². The van der Waals surface area contributed by atoms with Gasteiger partial charge in [-0.25, -0.2) is 9.98 Å². The van der Waals surface area contributed by atoms with E-state index in [9.17, 15) is 0 Å². The third-order valence-electron chi connectivity index (χ3n) is 8.69. The average molecular weight is 593 g/mol. The van der Waals surface area contributed by atoms with Crippen LogP contribution in [0.3, 0.4) is 0 Å². The summed E-state index contributed by atoms with van der Waals surface area (Å²) in [6.45, 7) is 0. The zero-order valence-electron chi connectivity index (χ0n) is 24.8. The van der Waals surface area contributed by atoms with E-state index in [0.717, 1.165) is 67.2 Å². The number of hydrogen-bond acceptors (Lipinski definition) is 4. The highest BCUT2D eigenvalue weighted by molar-refractivity contribution is 6.16. The maximum atomic E-state index is 6.44. The van der Waals surface area contributed by atoms with E-state index < -0.39 is 6.17 Å². The molecular formula is C41H28N4O. The van der Waals surface area contributed by atoms with Crippen molar-refractivity contribution < 1.29 is 4.42 Å². The van der Waals surface area contributed by atoms with Gasteiger partial charge in [-0.05, 0) is 40.5 Å². The fraction of sp³-hybridized carbons (Fsp3) is 0.0244. The Balaban J connectivity index is 1.12. The van der Waals surface area contributed by atoms with Crippen LogP contribution < -0.4 is 5.32 Å². The molecule has 2 aromatic heterocycles. The molecule has 0 saturated heterocycles. The average Bonchev–Trinajstić information content (AvgIpc) is 3.67. The van der Waals surface area contributed by atoms with Gasteiger partial charge in [0.15, 0.2) is 11.7 Å². The molecule has 1 atom stereocenters. The first-order chi connectivity index (χ1) is 22.8. The van der Waals surface area contributed by atoms with Crippen molar-refractivity contribution in [2.45, 2.75) is 6.17 Å². The van der Waals surface area contributed by atoms with Crippen molar-refractivity contribution in [1.82, 2.24) is 9.72 Å². The van der Waals surface area contributed by atoms with E-state index in [2.05, 4.69) is 131 Å². The number of aliphatic imine (C=N–C) groups is 2. The predicted molar refractivity (Wildman–Crippen MR) is 187 cm³/mol. The monoisotopic (exact) mass is 592 g/mol. The minimum Gasteiger partial charge on any atom is -0.438 e. The van der Waals surface area contributed by atoms with Gasteiger partial charge in [0.25, 0.3) is 0 Å². The van der Waals surface area contributed by atoms with Crippen LogP contribution in [0, 0.1) is 0 Å². The summed E-state index contributed by atoms with van der Waals surface area (Å²) < 4.78 is 8.66. The quantitative estimate of drug-likeness (QED) is 0.216. The van der Waals surface area contributed by atoms with Gasteiger partial charge in [0.1, 0.15) is 11.7 Å². The Kier molecular flexibility index (Phi) is 6.13. The Morgan fingerprint density at radius 1 is 0.478 bits per heavy atom. The van der Waals surface area contributed by atoms with Crippen molar-refractivity contribution in [3.63, 3.8) is 0 Å². The summed E-state index contributed by atoms with van der Waals surface area (Å²) in [5.74, 6) is 1.60. The Morgan fingerprint density at radius 3 is 1.72 bits per heavy atom. The van der Waals surface area contributed by atoms with Crippen molar-refractivity contribution in [3.05, 3.63) is 174 Å². The lowest BCUT2D eigenvalue weighted by Crippen LogP contribution is -2.36. The van der Waals surface area contributed by atoms with Gasteiger partial charge >= 0.3 is 0 Å². The summed E-state index contributed by atoms with van der Waals surface area (Å²) in [5, 5.41) is 4.67. The number of oxazole rings is 1. The summed E-state index contributed by atoms with van der Waals surface area (Å²) in [4.78, 5) is 10.2. The molecule has 0 fully saturated rings. The van der Waals surface area contributed by atoms with Crippen molar-refractivity contribution in [3.8, 4) is 22.3 Å². The van der Waals surface area contributed by atoms with Crippen molar-refractivity contribution in [2.24, 2.45) is 9.98 Å². The fourth-order valence-electron chi connectivity index (χ4n) is 6.43. The molecular weight excluding hydrogens is 564 g/mol. The lowest BCUT2D eigenvalue weighted by Gasteiger charge is -2.22. The molecule has 218 valence electrons. The maximum Gasteiger partial charge on any atom is 0.213 e. The summed E-state index contributed by atoms with van der Waals surface area (Å²) in [6.07, 6.45) is -0.397. The molecule has 0 saturated carbocycles. The summed E-state index contributed by atoms with van der Waals surface area (Å²) in [7, 11) is 0. The van der Waals surface area contributed by atoms with Crippen molar-refractivity contribution in [1.29, 1.82) is 0 Å². The normalized spacial score (nSPS) is 14.7. The number of hydrogen-bond donors (Lipinski definition) is 1. The molecule has 5 heteroatoms. The molecule has 1 unspecified atom stereocenters. The van der Waals surface area contributed by atoms with Gasteiger partial charge in [0.2, 0.25) is 5.71 Å². The lowest BCUT2D eigenvalue weighted by molar-refractivity contribution is 0.658. The lowest BCUT2D eigenvalue weighted by atomic mass is 10.0. The van der Waals surface area contributed by atoms with Gasteiger partial charge in [-0.1, -0.05) is 140 Å². The van der Waals surface area contributed by atoms with Crippen LogP contribution in [0.25, 0.3) is 50.0 Å². The molecule has 1 N–H and O–H groups in total. The first-order valence-corrected chi connectivity index (χ1v) is 15.5. The zero-order chi connectivity index (χ0) is 30.5. The van der Waals surface area contributed by atoms with Crippen LogP contribution in [0.5, 0.6) is 0 Å². The second-order valence-electron chi connectivity index (χ2n) is 11.5. The van der Waals surface area contributed by atoms with Crippen LogP contribution in [0.4, 0.5) is 0 Å². The molecule has 8 aromatic rings. The Bertz CT molecular complexity index is 2420. The second kappa shape index (κ2) is 10.8. The Hall–Kier alpha value is -6.20. The van der Waals surface area contributed by atoms with Gasteiger partial charge in [-0.2, -0.15) is 0 Å². The zero-order valence-corrected chi connectivity index (χ0v) is 24.8. The predicted octanol–water partition coefficient (Wildman–Crippen LogP) is 9.67. The molecule has 0 aliphatic carbocycles. The highest BCUT2D eigenvalue weighted by Gasteiger charge is 2.23. The van der Waals surface area contributed by atoms with E-state index in [1.54, 1.807) is 0 Å². The largest absolute Gasteiger partial charge is 0.438 e. The molecule has 46 heavy (non-hydrogen) atoms. The van der Waals surface area contributed by atoms with Crippen LogP contribution in [0.2, 0.25) is 0 Å². The molecule has 0 spiro atoms. The molecule has 0 amide bonds. The minimum absolute atomic E-state index is 0.397. The van der Waals surface area contributed by atoms with E-state index in [4.69, 9.17) is 14.4 Å².